The van der Waals surface area contributed by atoms with Crippen LogP contribution in [0.5, 0.6) is 0 Å². The average Bonchev–Trinajstić information content (AvgIpc) is 2.34. The fraction of sp³-hybridized carbons (Fsp3) is 0.571. The highest BCUT2D eigenvalue weighted by Crippen LogP contribution is 2.21. The van der Waals surface area contributed by atoms with Gasteiger partial charge in [0.15, 0.2) is 0 Å². The van der Waals surface area contributed by atoms with Gasteiger partial charge in [0.25, 0.3) is 0 Å². The molecule has 0 saturated carbocycles. The van der Waals surface area contributed by atoms with E-state index in [1.54, 1.807) is 0 Å². The third-order valence-electron chi connectivity index (χ3n) is 2.62. The van der Waals surface area contributed by atoms with Gasteiger partial charge in [-0.15, -0.1) is 0 Å². The zero-order chi connectivity index (χ0) is 11.8. The number of ether oxygens (including phenoxy) is 1. The van der Waals surface area contributed by atoms with Gasteiger partial charge in [-0.1, -0.05) is 44.2 Å². The lowest BCUT2D eigenvalue weighted by atomic mass is 10.1. The molecule has 90 valence electrons. The van der Waals surface area contributed by atoms with E-state index in [2.05, 4.69) is 50.4 Å². The van der Waals surface area contributed by atoms with Gasteiger partial charge in [0.1, 0.15) is 0 Å². The van der Waals surface area contributed by atoms with E-state index in [-0.39, 0.29) is 12.2 Å². The van der Waals surface area contributed by atoms with Crippen LogP contribution in [0, 0.1) is 0 Å². The molecule has 0 aliphatic heterocycles. The van der Waals surface area contributed by atoms with Crippen molar-refractivity contribution in [3.05, 3.63) is 35.9 Å². The van der Waals surface area contributed by atoms with Crippen LogP contribution in [0.3, 0.4) is 0 Å². The minimum absolute atomic E-state index is 0.217. The molecule has 1 aromatic carbocycles. The number of likely N-dealkylation sites (N-methyl/N-ethyl adjacent to an activating group) is 1. The maximum absolute atomic E-state index is 6.03. The number of benzene rings is 1. The molecule has 0 aliphatic rings. The average molecular weight is 221 g/mol. The standard InChI is InChI=1S/C14H23NO/c1-4-14(13-9-7-6-8-10-13)16-12(3)11-15-5-2/h6-10,12,14-15H,4-5,11H2,1-3H3. The minimum atomic E-state index is 0.217. The Morgan fingerprint density at radius 3 is 2.44 bits per heavy atom. The van der Waals surface area contributed by atoms with Crippen LogP contribution in [0.4, 0.5) is 0 Å². The van der Waals surface area contributed by atoms with Crippen LogP contribution in [0.1, 0.15) is 38.9 Å². The molecule has 0 spiro atoms. The van der Waals surface area contributed by atoms with E-state index in [9.17, 15) is 0 Å². The number of nitrogens with one attached hydrogen (secondary N) is 1. The fourth-order valence-electron chi connectivity index (χ4n) is 1.75. The molecule has 2 atom stereocenters. The second kappa shape index (κ2) is 7.42. The molecule has 0 bridgehead atoms. The molecule has 0 radical (unpaired) electrons. The van der Waals surface area contributed by atoms with E-state index in [1.165, 1.54) is 5.56 Å². The Balaban J connectivity index is 2.49. The van der Waals surface area contributed by atoms with Gasteiger partial charge < -0.3 is 10.1 Å². The molecule has 1 N–H and O–H groups in total. The topological polar surface area (TPSA) is 21.3 Å². The lowest BCUT2D eigenvalue weighted by molar-refractivity contribution is -0.00447. The van der Waals surface area contributed by atoms with Gasteiger partial charge >= 0.3 is 0 Å². The van der Waals surface area contributed by atoms with Gasteiger partial charge in [-0.25, -0.2) is 0 Å². The molecular formula is C14H23NO. The zero-order valence-corrected chi connectivity index (χ0v) is 10.6. The van der Waals surface area contributed by atoms with Crippen molar-refractivity contribution in [1.29, 1.82) is 0 Å². The van der Waals surface area contributed by atoms with Crippen molar-refractivity contribution in [2.24, 2.45) is 0 Å². The van der Waals surface area contributed by atoms with Crippen LogP contribution in [-0.4, -0.2) is 19.2 Å². The molecule has 0 heterocycles. The van der Waals surface area contributed by atoms with Crippen LogP contribution in [-0.2, 0) is 4.74 Å². The highest BCUT2D eigenvalue weighted by Gasteiger charge is 2.12. The second-order valence-electron chi connectivity index (χ2n) is 4.06. The van der Waals surface area contributed by atoms with Crippen LogP contribution >= 0.6 is 0 Å². The van der Waals surface area contributed by atoms with Crippen molar-refractivity contribution in [3.8, 4) is 0 Å². The normalized spacial score (nSPS) is 14.7. The van der Waals surface area contributed by atoms with Gasteiger partial charge in [-0.3, -0.25) is 0 Å². The van der Waals surface area contributed by atoms with E-state index in [0.717, 1.165) is 19.5 Å². The largest absolute Gasteiger partial charge is 0.369 e. The summed E-state index contributed by atoms with van der Waals surface area (Å²) in [6.45, 7) is 8.31. The quantitative estimate of drug-likeness (QED) is 0.763. The van der Waals surface area contributed by atoms with Gasteiger partial charge in [-0.05, 0) is 25.5 Å². The first kappa shape index (κ1) is 13.2. The molecule has 0 fully saturated rings. The summed E-state index contributed by atoms with van der Waals surface area (Å²) < 4.78 is 6.03. The molecule has 0 aromatic heterocycles. The summed E-state index contributed by atoms with van der Waals surface area (Å²) >= 11 is 0. The predicted molar refractivity (Wildman–Crippen MR) is 68.6 cm³/mol. The summed E-state index contributed by atoms with van der Waals surface area (Å²) in [5, 5.41) is 3.30. The molecule has 0 amide bonds. The van der Waals surface area contributed by atoms with Gasteiger partial charge in [0, 0.05) is 6.54 Å². The SMILES string of the molecule is CCNCC(C)OC(CC)c1ccccc1. The molecule has 16 heavy (non-hydrogen) atoms. The van der Waals surface area contributed by atoms with Crippen molar-refractivity contribution in [1.82, 2.24) is 5.32 Å². The van der Waals surface area contributed by atoms with Crippen LogP contribution in [0.2, 0.25) is 0 Å². The first-order chi connectivity index (χ1) is 7.77. The smallest absolute Gasteiger partial charge is 0.0826 e. The van der Waals surface area contributed by atoms with Crippen LogP contribution in [0.15, 0.2) is 30.3 Å². The lowest BCUT2D eigenvalue weighted by Gasteiger charge is -2.22. The first-order valence-corrected chi connectivity index (χ1v) is 6.19. The minimum Gasteiger partial charge on any atom is -0.369 e. The first-order valence-electron chi connectivity index (χ1n) is 6.19. The van der Waals surface area contributed by atoms with E-state index in [4.69, 9.17) is 4.74 Å². The van der Waals surface area contributed by atoms with Crippen molar-refractivity contribution in [2.75, 3.05) is 13.1 Å². The third kappa shape index (κ3) is 4.33. The van der Waals surface area contributed by atoms with Gasteiger partial charge in [-0.2, -0.15) is 0 Å². The Hall–Kier alpha value is -0.860. The number of rotatable bonds is 7. The molecule has 2 unspecified atom stereocenters. The second-order valence-corrected chi connectivity index (χ2v) is 4.06. The van der Waals surface area contributed by atoms with Crippen molar-refractivity contribution in [3.63, 3.8) is 0 Å². The fourth-order valence-corrected chi connectivity index (χ4v) is 1.75. The number of hydrogen-bond acceptors (Lipinski definition) is 2. The highest BCUT2D eigenvalue weighted by molar-refractivity contribution is 5.17. The number of hydrogen-bond donors (Lipinski definition) is 1. The summed E-state index contributed by atoms with van der Waals surface area (Å²) in [6.07, 6.45) is 1.49. The maximum atomic E-state index is 6.03. The maximum Gasteiger partial charge on any atom is 0.0826 e. The molecule has 2 heteroatoms. The summed E-state index contributed by atoms with van der Waals surface area (Å²) in [5.41, 5.74) is 1.27. The van der Waals surface area contributed by atoms with Crippen molar-refractivity contribution in [2.45, 2.75) is 39.4 Å². The van der Waals surface area contributed by atoms with Gasteiger partial charge in [0.05, 0.1) is 12.2 Å². The molecule has 1 rings (SSSR count). The zero-order valence-electron chi connectivity index (χ0n) is 10.6. The molecular weight excluding hydrogens is 198 g/mol. The Labute approximate surface area is 99.0 Å². The third-order valence-corrected chi connectivity index (χ3v) is 2.62. The summed E-state index contributed by atoms with van der Waals surface area (Å²) in [5.74, 6) is 0. The summed E-state index contributed by atoms with van der Waals surface area (Å²) in [4.78, 5) is 0. The Kier molecular flexibility index (Phi) is 6.12. The van der Waals surface area contributed by atoms with E-state index < -0.39 is 0 Å². The van der Waals surface area contributed by atoms with E-state index in [0.29, 0.717) is 0 Å². The van der Waals surface area contributed by atoms with Crippen molar-refractivity contribution >= 4 is 0 Å². The van der Waals surface area contributed by atoms with Crippen molar-refractivity contribution < 1.29 is 4.74 Å². The summed E-state index contributed by atoms with van der Waals surface area (Å²) in [7, 11) is 0. The molecule has 1 aromatic rings. The highest BCUT2D eigenvalue weighted by atomic mass is 16.5. The predicted octanol–water partition coefficient (Wildman–Crippen LogP) is 3.15. The Morgan fingerprint density at radius 1 is 1.19 bits per heavy atom. The molecule has 0 saturated heterocycles. The van der Waals surface area contributed by atoms with E-state index in [1.807, 2.05) is 6.07 Å². The monoisotopic (exact) mass is 221 g/mol. The molecule has 2 nitrogen and oxygen atoms in total. The van der Waals surface area contributed by atoms with Crippen LogP contribution in [0.25, 0.3) is 0 Å². The lowest BCUT2D eigenvalue weighted by Crippen LogP contribution is -2.27. The van der Waals surface area contributed by atoms with Crippen LogP contribution < -0.4 is 5.32 Å². The molecule has 0 aliphatic carbocycles. The van der Waals surface area contributed by atoms with E-state index >= 15 is 0 Å². The Morgan fingerprint density at radius 2 is 1.88 bits per heavy atom. The Bertz CT molecular complexity index is 273. The van der Waals surface area contributed by atoms with Gasteiger partial charge in [0.2, 0.25) is 0 Å². The summed E-state index contributed by atoms with van der Waals surface area (Å²) in [6, 6.07) is 10.4.